The van der Waals surface area contributed by atoms with Gasteiger partial charge in [0, 0.05) is 41.7 Å². The second-order valence-electron chi connectivity index (χ2n) is 3.83. The van der Waals surface area contributed by atoms with Gasteiger partial charge in [-0.25, -0.2) is 0 Å². The lowest BCUT2D eigenvalue weighted by Crippen LogP contribution is -2.28. The number of ether oxygens (including phenoxy) is 1. The first-order valence-electron chi connectivity index (χ1n) is 5.44. The smallest absolute Gasteiger partial charge is 0.123 e. The zero-order valence-electron chi connectivity index (χ0n) is 9.34. The van der Waals surface area contributed by atoms with Gasteiger partial charge < -0.3 is 4.74 Å². The Hall–Kier alpha value is -1.42. The Kier molecular flexibility index (Phi) is 4.09. The molecule has 0 saturated heterocycles. The number of halogens is 1. The van der Waals surface area contributed by atoms with Crippen molar-refractivity contribution in [3.05, 3.63) is 39.2 Å². The van der Waals surface area contributed by atoms with E-state index in [2.05, 4.69) is 14.9 Å². The van der Waals surface area contributed by atoms with Crippen LogP contribution in [-0.2, 0) is 6.54 Å². The summed E-state index contributed by atoms with van der Waals surface area (Å²) >= 11 is 5.96. The minimum atomic E-state index is 0.479. The monoisotopic (exact) mass is 252 g/mol. The average Bonchev–Trinajstić information content (AvgIpc) is 2.50. The molecular formula is C11H13ClN4O. The van der Waals surface area contributed by atoms with Gasteiger partial charge in [-0.3, -0.25) is 4.90 Å². The van der Waals surface area contributed by atoms with E-state index in [9.17, 15) is 0 Å². The van der Waals surface area contributed by atoms with E-state index in [1.54, 1.807) is 0 Å². The first-order valence-corrected chi connectivity index (χ1v) is 5.82. The fraction of sp³-hybridized carbons (Fsp3) is 0.455. The fourth-order valence-corrected chi connectivity index (χ4v) is 2.03. The lowest BCUT2D eigenvalue weighted by atomic mass is 10.2. The van der Waals surface area contributed by atoms with Crippen molar-refractivity contribution in [3.8, 4) is 5.75 Å². The fourth-order valence-electron chi connectivity index (χ4n) is 1.84. The van der Waals surface area contributed by atoms with Crippen LogP contribution in [0.5, 0.6) is 5.75 Å². The molecule has 1 aliphatic rings. The molecule has 2 rings (SSSR count). The van der Waals surface area contributed by atoms with Crippen LogP contribution in [0.4, 0.5) is 0 Å². The number of hydrogen-bond donors (Lipinski definition) is 0. The van der Waals surface area contributed by atoms with E-state index in [-0.39, 0.29) is 0 Å². The number of benzene rings is 1. The topological polar surface area (TPSA) is 61.2 Å². The Bertz CT molecular complexity index is 445. The summed E-state index contributed by atoms with van der Waals surface area (Å²) in [6.45, 7) is 3.46. The van der Waals surface area contributed by atoms with Gasteiger partial charge in [0.2, 0.25) is 0 Å². The summed E-state index contributed by atoms with van der Waals surface area (Å²) in [5.74, 6) is 0.890. The van der Waals surface area contributed by atoms with Crippen LogP contribution < -0.4 is 4.74 Å². The van der Waals surface area contributed by atoms with Crippen LogP contribution in [0.15, 0.2) is 23.3 Å². The highest BCUT2D eigenvalue weighted by molar-refractivity contribution is 6.30. The number of fused-ring (bicyclic) bond motifs is 1. The average molecular weight is 253 g/mol. The van der Waals surface area contributed by atoms with Crippen LogP contribution in [0.25, 0.3) is 10.4 Å². The van der Waals surface area contributed by atoms with Gasteiger partial charge in [-0.15, -0.1) is 0 Å². The zero-order valence-corrected chi connectivity index (χ0v) is 10.1. The summed E-state index contributed by atoms with van der Waals surface area (Å²) in [6, 6.07) is 5.65. The summed E-state index contributed by atoms with van der Waals surface area (Å²) < 4.78 is 5.64. The van der Waals surface area contributed by atoms with E-state index in [1.807, 2.05) is 18.2 Å². The van der Waals surface area contributed by atoms with Crippen LogP contribution in [-0.4, -0.2) is 31.1 Å². The van der Waals surface area contributed by atoms with E-state index < -0.39 is 0 Å². The Morgan fingerprint density at radius 1 is 1.53 bits per heavy atom. The maximum absolute atomic E-state index is 8.24. The van der Waals surface area contributed by atoms with Crippen LogP contribution in [0.2, 0.25) is 5.02 Å². The maximum atomic E-state index is 8.24. The van der Waals surface area contributed by atoms with E-state index in [0.717, 1.165) is 30.9 Å². The van der Waals surface area contributed by atoms with Crippen LogP contribution >= 0.6 is 11.6 Å². The van der Waals surface area contributed by atoms with Gasteiger partial charge in [-0.05, 0) is 23.7 Å². The molecule has 0 atom stereocenters. The third-order valence-electron chi connectivity index (χ3n) is 2.66. The Morgan fingerprint density at radius 3 is 3.24 bits per heavy atom. The Morgan fingerprint density at radius 2 is 2.41 bits per heavy atom. The third-order valence-corrected chi connectivity index (χ3v) is 2.90. The van der Waals surface area contributed by atoms with Crippen molar-refractivity contribution in [2.75, 3.05) is 26.2 Å². The normalized spacial score (nSPS) is 15.4. The molecule has 0 aromatic heterocycles. The van der Waals surface area contributed by atoms with E-state index in [0.29, 0.717) is 18.2 Å². The molecular weight excluding hydrogens is 240 g/mol. The molecule has 0 saturated carbocycles. The van der Waals surface area contributed by atoms with Crippen LogP contribution in [0.3, 0.4) is 0 Å². The molecule has 0 bridgehead atoms. The lowest BCUT2D eigenvalue weighted by Gasteiger charge is -2.17. The standard InChI is InChI=1S/C11H13ClN4O/c12-10-1-2-11-9(7-10)8-16(5-6-17-11)4-3-14-15-13/h1-2,7H,3-6,8H2. The van der Waals surface area contributed by atoms with E-state index in [4.69, 9.17) is 21.9 Å². The predicted molar refractivity (Wildman–Crippen MR) is 66.2 cm³/mol. The van der Waals surface area contributed by atoms with E-state index >= 15 is 0 Å². The number of nitrogens with zero attached hydrogens (tertiary/aromatic N) is 4. The number of rotatable bonds is 3. The second-order valence-corrected chi connectivity index (χ2v) is 4.27. The minimum Gasteiger partial charge on any atom is -0.492 e. The zero-order chi connectivity index (χ0) is 12.1. The maximum Gasteiger partial charge on any atom is 0.123 e. The molecule has 17 heavy (non-hydrogen) atoms. The van der Waals surface area contributed by atoms with Gasteiger partial charge in [0.25, 0.3) is 0 Å². The number of azide groups is 1. The van der Waals surface area contributed by atoms with Crippen molar-refractivity contribution < 1.29 is 4.74 Å². The van der Waals surface area contributed by atoms with Crippen molar-refractivity contribution >= 4 is 11.6 Å². The highest BCUT2D eigenvalue weighted by Gasteiger charge is 2.14. The predicted octanol–water partition coefficient (Wildman–Crippen LogP) is 2.84. The van der Waals surface area contributed by atoms with Gasteiger partial charge in [0.1, 0.15) is 12.4 Å². The van der Waals surface area contributed by atoms with Gasteiger partial charge in [0.15, 0.2) is 0 Å². The molecule has 0 unspecified atom stereocenters. The molecule has 1 aromatic rings. The minimum absolute atomic E-state index is 0.479. The van der Waals surface area contributed by atoms with Gasteiger partial charge in [0.05, 0.1) is 0 Å². The first-order chi connectivity index (χ1) is 8.29. The molecule has 1 aliphatic heterocycles. The summed E-state index contributed by atoms with van der Waals surface area (Å²) in [5, 5.41) is 4.25. The highest BCUT2D eigenvalue weighted by Crippen LogP contribution is 2.26. The van der Waals surface area contributed by atoms with Crippen LogP contribution in [0.1, 0.15) is 5.56 Å². The highest BCUT2D eigenvalue weighted by atomic mass is 35.5. The molecule has 5 nitrogen and oxygen atoms in total. The summed E-state index contributed by atoms with van der Waals surface area (Å²) in [6.07, 6.45) is 0. The SMILES string of the molecule is [N-]=[N+]=NCCN1CCOc2ccc(Cl)cc2C1. The van der Waals surface area contributed by atoms with Gasteiger partial charge >= 0.3 is 0 Å². The van der Waals surface area contributed by atoms with Crippen LogP contribution in [0, 0.1) is 0 Å². The molecule has 0 aliphatic carbocycles. The number of hydrogen-bond acceptors (Lipinski definition) is 3. The molecule has 6 heteroatoms. The van der Waals surface area contributed by atoms with Crippen molar-refractivity contribution in [2.45, 2.75) is 6.54 Å². The van der Waals surface area contributed by atoms with Crippen molar-refractivity contribution in [1.29, 1.82) is 0 Å². The largest absolute Gasteiger partial charge is 0.492 e. The molecule has 1 aromatic carbocycles. The van der Waals surface area contributed by atoms with Crippen molar-refractivity contribution in [2.24, 2.45) is 5.11 Å². The molecule has 0 fully saturated rings. The first kappa shape index (κ1) is 12.0. The third kappa shape index (κ3) is 3.27. The molecule has 1 heterocycles. The van der Waals surface area contributed by atoms with Crippen molar-refractivity contribution in [3.63, 3.8) is 0 Å². The van der Waals surface area contributed by atoms with E-state index in [1.165, 1.54) is 0 Å². The summed E-state index contributed by atoms with van der Waals surface area (Å²) in [5.41, 5.74) is 9.32. The molecule has 90 valence electrons. The molecule has 0 spiro atoms. The molecule has 0 amide bonds. The quantitative estimate of drug-likeness (QED) is 0.472. The Balaban J connectivity index is 2.07. The van der Waals surface area contributed by atoms with Gasteiger partial charge in [-0.2, -0.15) is 0 Å². The van der Waals surface area contributed by atoms with Crippen molar-refractivity contribution in [1.82, 2.24) is 4.90 Å². The molecule has 0 N–H and O–H groups in total. The Labute approximate surface area is 105 Å². The van der Waals surface area contributed by atoms with Gasteiger partial charge in [-0.1, -0.05) is 16.7 Å². The summed E-state index contributed by atoms with van der Waals surface area (Å²) in [7, 11) is 0. The second kappa shape index (κ2) is 5.77. The lowest BCUT2D eigenvalue weighted by molar-refractivity contribution is 0.230. The molecule has 0 radical (unpaired) electrons. The summed E-state index contributed by atoms with van der Waals surface area (Å²) in [4.78, 5) is 4.94.